The lowest BCUT2D eigenvalue weighted by atomic mass is 10.1. The second kappa shape index (κ2) is 5.45. The van der Waals surface area contributed by atoms with Gasteiger partial charge < -0.3 is 0 Å². The van der Waals surface area contributed by atoms with Crippen LogP contribution in [0.15, 0.2) is 22.6 Å². The smallest absolute Gasteiger partial charge is 0.234 e. The summed E-state index contributed by atoms with van der Waals surface area (Å²) in [6, 6.07) is 3.39. The molecular weight excluding hydrogens is 275 g/mol. The average Bonchev–Trinajstić information content (AvgIpc) is 2.24. The topological polar surface area (TPSA) is 29.4 Å². The van der Waals surface area contributed by atoms with Gasteiger partial charge in [0.05, 0.1) is 10.3 Å². The van der Waals surface area contributed by atoms with Crippen LogP contribution in [0.1, 0.15) is 37.5 Å². The SMILES string of the molecule is Cc1cc(C(F)(F)F)ccc1/C=N/[S@](=O)C(C)(C)C. The van der Waals surface area contributed by atoms with E-state index in [1.54, 1.807) is 27.7 Å². The van der Waals surface area contributed by atoms with Crippen molar-refractivity contribution in [2.24, 2.45) is 4.40 Å². The van der Waals surface area contributed by atoms with E-state index >= 15 is 0 Å². The van der Waals surface area contributed by atoms with E-state index in [2.05, 4.69) is 4.40 Å². The van der Waals surface area contributed by atoms with E-state index in [1.807, 2.05) is 0 Å². The van der Waals surface area contributed by atoms with Crippen molar-refractivity contribution in [3.8, 4) is 0 Å². The molecule has 0 bridgehead atoms. The van der Waals surface area contributed by atoms with Crippen LogP contribution in [0.25, 0.3) is 0 Å². The van der Waals surface area contributed by atoms with E-state index in [0.29, 0.717) is 11.1 Å². The first-order valence-electron chi connectivity index (χ1n) is 5.66. The summed E-state index contributed by atoms with van der Waals surface area (Å²) in [5.41, 5.74) is 0.286. The number of alkyl halides is 3. The Hall–Kier alpha value is -1.17. The molecule has 0 amide bonds. The van der Waals surface area contributed by atoms with Crippen molar-refractivity contribution in [2.45, 2.75) is 38.6 Å². The lowest BCUT2D eigenvalue weighted by Crippen LogP contribution is -2.19. The minimum atomic E-state index is -4.35. The van der Waals surface area contributed by atoms with Crippen LogP contribution in [0.3, 0.4) is 0 Å². The number of rotatable bonds is 2. The van der Waals surface area contributed by atoms with Crippen LogP contribution in [-0.4, -0.2) is 15.2 Å². The van der Waals surface area contributed by atoms with Gasteiger partial charge in [-0.2, -0.15) is 17.6 Å². The van der Waals surface area contributed by atoms with Crippen molar-refractivity contribution in [1.82, 2.24) is 0 Å². The third-order valence-corrected chi connectivity index (χ3v) is 3.75. The fourth-order valence-electron chi connectivity index (χ4n) is 1.26. The maximum absolute atomic E-state index is 12.5. The third kappa shape index (κ3) is 4.45. The van der Waals surface area contributed by atoms with Gasteiger partial charge in [0.2, 0.25) is 0 Å². The minimum absolute atomic E-state index is 0.449. The van der Waals surface area contributed by atoms with Gasteiger partial charge in [-0.25, -0.2) is 4.21 Å². The zero-order valence-corrected chi connectivity index (χ0v) is 12.0. The van der Waals surface area contributed by atoms with E-state index in [0.717, 1.165) is 12.1 Å². The fourth-order valence-corrected chi connectivity index (χ4v) is 1.79. The van der Waals surface area contributed by atoms with Crippen LogP contribution in [0, 0.1) is 6.92 Å². The second-order valence-corrected chi connectivity index (χ2v) is 7.10. The normalized spacial score (nSPS) is 14.9. The van der Waals surface area contributed by atoms with Crippen LogP contribution in [0.2, 0.25) is 0 Å². The molecule has 0 aliphatic carbocycles. The molecule has 0 aliphatic heterocycles. The highest BCUT2D eigenvalue weighted by molar-refractivity contribution is 7.85. The van der Waals surface area contributed by atoms with Gasteiger partial charge in [0, 0.05) is 6.21 Å². The zero-order valence-electron chi connectivity index (χ0n) is 11.2. The number of halogens is 3. The third-order valence-electron chi connectivity index (χ3n) is 2.41. The molecule has 19 heavy (non-hydrogen) atoms. The number of hydrogen-bond donors (Lipinski definition) is 0. The van der Waals surface area contributed by atoms with Gasteiger partial charge in [-0.1, -0.05) is 6.07 Å². The molecular formula is C13H16F3NOS. The lowest BCUT2D eigenvalue weighted by Gasteiger charge is -2.13. The molecule has 0 fully saturated rings. The Balaban J connectivity index is 2.99. The molecule has 0 saturated heterocycles. The number of nitrogens with zero attached hydrogens (tertiary/aromatic N) is 1. The van der Waals surface area contributed by atoms with E-state index in [9.17, 15) is 17.4 Å². The molecule has 1 aromatic rings. The first-order valence-corrected chi connectivity index (χ1v) is 6.76. The summed E-state index contributed by atoms with van der Waals surface area (Å²) in [6.45, 7) is 6.90. The summed E-state index contributed by atoms with van der Waals surface area (Å²) < 4.78 is 52.6. The van der Waals surface area contributed by atoms with Gasteiger partial charge in [0.1, 0.15) is 11.0 Å². The monoisotopic (exact) mass is 291 g/mol. The summed E-state index contributed by atoms with van der Waals surface area (Å²) >= 11 is 0. The van der Waals surface area contributed by atoms with Gasteiger partial charge in [-0.05, 0) is 51.0 Å². The Labute approximate surface area is 113 Å². The summed E-state index contributed by atoms with van der Waals surface area (Å²) in [5.74, 6) is 0. The van der Waals surface area contributed by atoms with Crippen LogP contribution >= 0.6 is 0 Å². The van der Waals surface area contributed by atoms with E-state index in [1.165, 1.54) is 12.3 Å². The Bertz CT molecular complexity index is 516. The maximum atomic E-state index is 12.5. The summed E-state index contributed by atoms with van der Waals surface area (Å²) in [7, 11) is -1.42. The molecule has 0 aliphatic rings. The van der Waals surface area contributed by atoms with Crippen molar-refractivity contribution < 1.29 is 17.4 Å². The molecule has 0 unspecified atom stereocenters. The largest absolute Gasteiger partial charge is 0.416 e. The number of benzene rings is 1. The highest BCUT2D eigenvalue weighted by atomic mass is 32.2. The Morgan fingerprint density at radius 1 is 1.21 bits per heavy atom. The molecule has 0 heterocycles. The van der Waals surface area contributed by atoms with E-state index < -0.39 is 27.5 Å². The summed E-state index contributed by atoms with van der Waals surface area (Å²) in [4.78, 5) is 0. The quantitative estimate of drug-likeness (QED) is 0.760. The van der Waals surface area contributed by atoms with Crippen LogP contribution < -0.4 is 0 Å². The molecule has 0 radical (unpaired) electrons. The highest BCUT2D eigenvalue weighted by Gasteiger charge is 2.30. The minimum Gasteiger partial charge on any atom is -0.234 e. The Kier molecular flexibility index (Phi) is 4.55. The van der Waals surface area contributed by atoms with Crippen molar-refractivity contribution in [3.63, 3.8) is 0 Å². The van der Waals surface area contributed by atoms with Gasteiger partial charge >= 0.3 is 6.18 Å². The standard InChI is InChI=1S/C13H16F3NOS/c1-9-7-11(13(14,15)16)6-5-10(9)8-17-19(18)12(2,3)4/h5-8H,1-4H3/b17-8+/t19-/m1/s1. The Morgan fingerprint density at radius 2 is 1.79 bits per heavy atom. The summed E-state index contributed by atoms with van der Waals surface area (Å²) in [6.07, 6.45) is -2.99. The highest BCUT2D eigenvalue weighted by Crippen LogP contribution is 2.30. The average molecular weight is 291 g/mol. The molecule has 6 heteroatoms. The van der Waals surface area contributed by atoms with Crippen LogP contribution in [-0.2, 0) is 17.2 Å². The first kappa shape index (κ1) is 15.9. The van der Waals surface area contributed by atoms with Crippen molar-refractivity contribution in [2.75, 3.05) is 0 Å². The maximum Gasteiger partial charge on any atom is 0.416 e. The molecule has 1 aromatic carbocycles. The molecule has 0 aromatic heterocycles. The van der Waals surface area contributed by atoms with Gasteiger partial charge in [0.25, 0.3) is 0 Å². The molecule has 0 saturated carbocycles. The zero-order chi connectivity index (χ0) is 14.8. The first-order chi connectivity index (χ1) is 8.51. The lowest BCUT2D eigenvalue weighted by molar-refractivity contribution is -0.137. The molecule has 106 valence electrons. The van der Waals surface area contributed by atoms with Gasteiger partial charge in [-0.15, -0.1) is 0 Å². The van der Waals surface area contributed by atoms with E-state index in [-0.39, 0.29) is 0 Å². The van der Waals surface area contributed by atoms with Crippen LogP contribution in [0.5, 0.6) is 0 Å². The van der Waals surface area contributed by atoms with Crippen molar-refractivity contribution >= 4 is 17.2 Å². The second-order valence-electron chi connectivity index (χ2n) is 5.17. The van der Waals surface area contributed by atoms with Gasteiger partial charge in [-0.3, -0.25) is 0 Å². The summed E-state index contributed by atoms with van der Waals surface area (Å²) in [5, 5.41) is 0. The number of hydrogen-bond acceptors (Lipinski definition) is 1. The number of aryl methyl sites for hydroxylation is 1. The van der Waals surface area contributed by atoms with E-state index in [4.69, 9.17) is 0 Å². The molecule has 2 nitrogen and oxygen atoms in total. The molecule has 1 rings (SSSR count). The Morgan fingerprint density at radius 3 is 2.21 bits per heavy atom. The molecule has 1 atom stereocenters. The molecule has 0 N–H and O–H groups in total. The van der Waals surface area contributed by atoms with Crippen LogP contribution in [0.4, 0.5) is 13.2 Å². The predicted molar refractivity (Wildman–Crippen MR) is 71.7 cm³/mol. The van der Waals surface area contributed by atoms with Crippen molar-refractivity contribution in [3.05, 3.63) is 34.9 Å². The van der Waals surface area contributed by atoms with Gasteiger partial charge in [0.15, 0.2) is 0 Å². The molecule has 0 spiro atoms. The van der Waals surface area contributed by atoms with Crippen molar-refractivity contribution in [1.29, 1.82) is 0 Å². The fraction of sp³-hybridized carbons (Fsp3) is 0.462. The predicted octanol–water partition coefficient (Wildman–Crippen LogP) is 3.89.